The van der Waals surface area contributed by atoms with Gasteiger partial charge in [-0.1, -0.05) is 6.08 Å². The second kappa shape index (κ2) is 9.80. The fraction of sp³-hybridized carbons (Fsp3) is 0.636. The van der Waals surface area contributed by atoms with Gasteiger partial charge in [-0.3, -0.25) is 4.79 Å². The fourth-order valence-electron chi connectivity index (χ4n) is 1.01. The highest BCUT2D eigenvalue weighted by Gasteiger charge is 2.02. The lowest BCUT2D eigenvalue weighted by atomic mass is 10.3. The van der Waals surface area contributed by atoms with Crippen molar-refractivity contribution in [3.8, 4) is 0 Å². The first kappa shape index (κ1) is 15.6. The number of ether oxygens (including phenoxy) is 2. The highest BCUT2D eigenvalue weighted by atomic mass is 16.5. The van der Waals surface area contributed by atoms with Crippen LogP contribution in [0, 0.1) is 0 Å². The molecule has 6 nitrogen and oxygen atoms in total. The van der Waals surface area contributed by atoms with Crippen molar-refractivity contribution in [1.29, 1.82) is 0 Å². The van der Waals surface area contributed by atoms with Gasteiger partial charge in [0.1, 0.15) is 0 Å². The molecular formula is C11H20N2O4. The Morgan fingerprint density at radius 3 is 2.59 bits per heavy atom. The maximum Gasteiger partial charge on any atom is 0.333 e. The van der Waals surface area contributed by atoms with E-state index >= 15 is 0 Å². The minimum Gasteiger partial charge on any atom is -0.466 e. The molecule has 6 heteroatoms. The van der Waals surface area contributed by atoms with Crippen LogP contribution >= 0.6 is 0 Å². The first-order valence-electron chi connectivity index (χ1n) is 5.33. The van der Waals surface area contributed by atoms with Gasteiger partial charge in [-0.05, 0) is 6.92 Å². The van der Waals surface area contributed by atoms with E-state index in [2.05, 4.69) is 15.4 Å². The number of esters is 1. The molecule has 0 aromatic heterocycles. The minimum atomic E-state index is -0.364. The lowest BCUT2D eigenvalue weighted by Gasteiger charge is -2.05. The molecule has 0 radical (unpaired) electrons. The zero-order valence-corrected chi connectivity index (χ0v) is 10.5. The van der Waals surface area contributed by atoms with Crippen LogP contribution in [0.1, 0.15) is 6.92 Å². The van der Waals surface area contributed by atoms with E-state index in [-0.39, 0.29) is 18.4 Å². The van der Waals surface area contributed by atoms with Gasteiger partial charge < -0.3 is 20.1 Å². The van der Waals surface area contributed by atoms with Crippen LogP contribution in [0.4, 0.5) is 0 Å². The van der Waals surface area contributed by atoms with Crippen molar-refractivity contribution in [2.45, 2.75) is 6.92 Å². The highest BCUT2D eigenvalue weighted by molar-refractivity contribution is 5.87. The molecule has 0 unspecified atom stereocenters. The number of carbonyl (C=O) groups is 2. The standard InChI is InChI=1S/C11H20N2O4/c1-9(11(15)17-3)4-5-12-8-10(14)13-6-7-16-2/h4,12H,5-8H2,1-3H3,(H,13,14)/b9-4-. The zero-order chi connectivity index (χ0) is 13.1. The number of hydrogen-bond donors (Lipinski definition) is 2. The van der Waals surface area contributed by atoms with Gasteiger partial charge >= 0.3 is 5.97 Å². The van der Waals surface area contributed by atoms with E-state index in [1.807, 2.05) is 0 Å². The molecule has 0 atom stereocenters. The van der Waals surface area contributed by atoms with Crippen LogP contribution in [0.25, 0.3) is 0 Å². The van der Waals surface area contributed by atoms with Crippen molar-refractivity contribution < 1.29 is 19.1 Å². The van der Waals surface area contributed by atoms with Gasteiger partial charge in [0.25, 0.3) is 0 Å². The summed E-state index contributed by atoms with van der Waals surface area (Å²) >= 11 is 0. The first-order valence-corrected chi connectivity index (χ1v) is 5.33. The maximum atomic E-state index is 11.2. The van der Waals surface area contributed by atoms with E-state index in [0.29, 0.717) is 25.3 Å². The molecule has 0 saturated carbocycles. The Balaban J connectivity index is 3.63. The summed E-state index contributed by atoms with van der Waals surface area (Å²) in [5.74, 6) is -0.470. The van der Waals surface area contributed by atoms with Crippen LogP contribution in [0.2, 0.25) is 0 Å². The van der Waals surface area contributed by atoms with Crippen LogP contribution in [0.5, 0.6) is 0 Å². The number of methoxy groups -OCH3 is 2. The lowest BCUT2D eigenvalue weighted by molar-refractivity contribution is -0.136. The van der Waals surface area contributed by atoms with Crippen molar-refractivity contribution in [3.63, 3.8) is 0 Å². The second-order valence-electron chi connectivity index (χ2n) is 3.35. The molecule has 0 bridgehead atoms. The molecule has 0 aromatic rings. The SMILES string of the molecule is COCCNC(=O)CNC/C=C(/C)C(=O)OC. The molecule has 0 rings (SSSR count). The average Bonchev–Trinajstić information content (AvgIpc) is 2.33. The molecule has 0 aliphatic heterocycles. The van der Waals surface area contributed by atoms with Crippen LogP contribution < -0.4 is 10.6 Å². The summed E-state index contributed by atoms with van der Waals surface area (Å²) in [5, 5.41) is 5.55. The maximum absolute atomic E-state index is 11.2. The molecule has 98 valence electrons. The summed E-state index contributed by atoms with van der Waals surface area (Å²) in [7, 11) is 2.90. The molecule has 0 heterocycles. The van der Waals surface area contributed by atoms with Crippen LogP contribution in [-0.2, 0) is 19.1 Å². The zero-order valence-electron chi connectivity index (χ0n) is 10.5. The molecule has 2 N–H and O–H groups in total. The number of hydrogen-bond acceptors (Lipinski definition) is 5. The van der Waals surface area contributed by atoms with Gasteiger partial charge in [0.2, 0.25) is 5.91 Å². The number of rotatable bonds is 8. The third-order valence-corrected chi connectivity index (χ3v) is 1.97. The largest absolute Gasteiger partial charge is 0.466 e. The van der Waals surface area contributed by atoms with Gasteiger partial charge in [-0.25, -0.2) is 4.79 Å². The normalized spacial score (nSPS) is 11.1. The van der Waals surface area contributed by atoms with E-state index in [0.717, 1.165) is 0 Å². The van der Waals surface area contributed by atoms with Gasteiger partial charge in [-0.15, -0.1) is 0 Å². The molecule has 0 spiro atoms. The van der Waals surface area contributed by atoms with Crippen LogP contribution in [-0.4, -0.2) is 52.3 Å². The highest BCUT2D eigenvalue weighted by Crippen LogP contribution is 1.93. The molecule has 0 saturated heterocycles. The Bertz CT molecular complexity index is 277. The molecule has 0 aromatic carbocycles. The minimum absolute atomic E-state index is 0.105. The topological polar surface area (TPSA) is 76.7 Å². The predicted octanol–water partition coefficient (Wildman–Crippen LogP) is -0.542. The van der Waals surface area contributed by atoms with Crippen molar-refractivity contribution in [1.82, 2.24) is 10.6 Å². The van der Waals surface area contributed by atoms with Crippen LogP contribution in [0.3, 0.4) is 0 Å². The number of nitrogens with one attached hydrogen (secondary N) is 2. The van der Waals surface area contributed by atoms with E-state index in [1.54, 1.807) is 20.1 Å². The van der Waals surface area contributed by atoms with E-state index in [9.17, 15) is 9.59 Å². The van der Waals surface area contributed by atoms with Crippen molar-refractivity contribution in [3.05, 3.63) is 11.6 Å². The Morgan fingerprint density at radius 2 is 2.00 bits per heavy atom. The second-order valence-corrected chi connectivity index (χ2v) is 3.35. The van der Waals surface area contributed by atoms with Crippen molar-refractivity contribution in [2.75, 3.05) is 40.5 Å². The predicted molar refractivity (Wildman–Crippen MR) is 63.5 cm³/mol. The van der Waals surface area contributed by atoms with E-state index in [4.69, 9.17) is 4.74 Å². The summed E-state index contributed by atoms with van der Waals surface area (Å²) in [6.07, 6.45) is 1.67. The Morgan fingerprint density at radius 1 is 1.29 bits per heavy atom. The molecule has 17 heavy (non-hydrogen) atoms. The van der Waals surface area contributed by atoms with Crippen molar-refractivity contribution >= 4 is 11.9 Å². The summed E-state index contributed by atoms with van der Waals surface area (Å²) < 4.78 is 9.32. The quantitative estimate of drug-likeness (QED) is 0.340. The van der Waals surface area contributed by atoms with Crippen molar-refractivity contribution in [2.24, 2.45) is 0 Å². The molecule has 1 amide bonds. The summed E-state index contributed by atoms with van der Waals surface area (Å²) in [6.45, 7) is 3.29. The molecule has 0 aliphatic carbocycles. The Kier molecular flexibility index (Phi) is 8.99. The Hall–Kier alpha value is -1.40. The van der Waals surface area contributed by atoms with E-state index < -0.39 is 0 Å². The molecular weight excluding hydrogens is 224 g/mol. The van der Waals surface area contributed by atoms with Gasteiger partial charge in [0.15, 0.2) is 0 Å². The lowest BCUT2D eigenvalue weighted by Crippen LogP contribution is -2.35. The summed E-state index contributed by atoms with van der Waals surface area (Å²) in [5.41, 5.74) is 0.514. The fourth-order valence-corrected chi connectivity index (χ4v) is 1.01. The summed E-state index contributed by atoms with van der Waals surface area (Å²) in [6, 6.07) is 0. The monoisotopic (exact) mass is 244 g/mol. The van der Waals surface area contributed by atoms with Gasteiger partial charge in [-0.2, -0.15) is 0 Å². The van der Waals surface area contributed by atoms with Gasteiger partial charge in [0, 0.05) is 25.8 Å². The number of carbonyl (C=O) groups excluding carboxylic acids is 2. The smallest absolute Gasteiger partial charge is 0.333 e. The summed E-state index contributed by atoms with van der Waals surface area (Å²) in [4.78, 5) is 22.2. The van der Waals surface area contributed by atoms with E-state index in [1.165, 1.54) is 7.11 Å². The number of amides is 1. The molecule has 0 fully saturated rings. The Labute approximate surface area is 101 Å². The average molecular weight is 244 g/mol. The molecule has 0 aliphatic rings. The third-order valence-electron chi connectivity index (χ3n) is 1.97. The third kappa shape index (κ3) is 8.41. The first-order chi connectivity index (χ1) is 8.11. The van der Waals surface area contributed by atoms with Crippen LogP contribution in [0.15, 0.2) is 11.6 Å². The van der Waals surface area contributed by atoms with Gasteiger partial charge in [0.05, 0.1) is 20.3 Å².